The Bertz CT molecular complexity index is 1090. The second kappa shape index (κ2) is 8.34. The smallest absolute Gasteiger partial charge is 0.362 e. The summed E-state index contributed by atoms with van der Waals surface area (Å²) in [6, 6.07) is 12.5. The second-order valence-electron chi connectivity index (χ2n) is 7.17. The van der Waals surface area contributed by atoms with Gasteiger partial charge in [0, 0.05) is 11.4 Å². The minimum atomic E-state index is -0.718. The van der Waals surface area contributed by atoms with Gasteiger partial charge in [0.1, 0.15) is 11.4 Å². The van der Waals surface area contributed by atoms with Crippen LogP contribution in [0.1, 0.15) is 32.1 Å². The van der Waals surface area contributed by atoms with E-state index >= 15 is 0 Å². The predicted molar refractivity (Wildman–Crippen MR) is 112 cm³/mol. The van der Waals surface area contributed by atoms with Crippen molar-refractivity contribution in [2.24, 2.45) is 0 Å². The zero-order chi connectivity index (χ0) is 20.2. The Morgan fingerprint density at radius 1 is 0.931 bits per heavy atom. The van der Waals surface area contributed by atoms with Gasteiger partial charge in [0.25, 0.3) is 0 Å². The summed E-state index contributed by atoms with van der Waals surface area (Å²) < 4.78 is 19.2. The number of hydrogen-bond acceptors (Lipinski definition) is 4. The molecule has 1 aromatic heterocycles. The quantitative estimate of drug-likeness (QED) is 0.522. The van der Waals surface area contributed by atoms with Crippen molar-refractivity contribution >= 4 is 34.1 Å². The SMILES string of the molecule is O=C(Nc1ccccc1F)Nc1c(NC2CCCCC2)c2ccccc2oc1=O. The Balaban J connectivity index is 1.67. The van der Waals surface area contributed by atoms with Crippen LogP contribution in [0.3, 0.4) is 0 Å². The van der Waals surface area contributed by atoms with Gasteiger partial charge in [-0.25, -0.2) is 14.0 Å². The van der Waals surface area contributed by atoms with Crippen LogP contribution in [0.25, 0.3) is 11.0 Å². The molecular formula is C22H22FN3O3. The third-order valence-corrected chi connectivity index (χ3v) is 5.13. The van der Waals surface area contributed by atoms with Crippen LogP contribution in [0, 0.1) is 5.82 Å². The van der Waals surface area contributed by atoms with E-state index in [0.717, 1.165) is 25.7 Å². The number of fused-ring (bicyclic) bond motifs is 1. The molecule has 0 saturated heterocycles. The van der Waals surface area contributed by atoms with Crippen molar-refractivity contribution in [1.82, 2.24) is 0 Å². The van der Waals surface area contributed by atoms with Crippen LogP contribution >= 0.6 is 0 Å². The molecule has 3 aromatic rings. The van der Waals surface area contributed by atoms with E-state index in [2.05, 4.69) is 16.0 Å². The van der Waals surface area contributed by atoms with Crippen LogP contribution in [0.5, 0.6) is 0 Å². The lowest BCUT2D eigenvalue weighted by molar-refractivity contribution is 0.262. The van der Waals surface area contributed by atoms with Crippen LogP contribution in [0.4, 0.5) is 26.2 Å². The molecule has 0 spiro atoms. The molecule has 3 N–H and O–H groups in total. The van der Waals surface area contributed by atoms with Crippen molar-refractivity contribution in [2.45, 2.75) is 38.1 Å². The van der Waals surface area contributed by atoms with E-state index in [1.165, 1.54) is 24.6 Å². The fourth-order valence-corrected chi connectivity index (χ4v) is 3.69. The average Bonchev–Trinajstić information content (AvgIpc) is 2.73. The predicted octanol–water partition coefficient (Wildman–Crippen LogP) is 5.32. The number of amides is 2. The van der Waals surface area contributed by atoms with Crippen LogP contribution in [-0.4, -0.2) is 12.1 Å². The normalized spacial score (nSPS) is 14.5. The van der Waals surface area contributed by atoms with E-state index in [1.54, 1.807) is 18.2 Å². The van der Waals surface area contributed by atoms with Gasteiger partial charge in [-0.05, 0) is 37.1 Å². The summed E-state index contributed by atoms with van der Waals surface area (Å²) in [6.45, 7) is 0. The number of halogens is 1. The Kier molecular flexibility index (Phi) is 5.46. The van der Waals surface area contributed by atoms with Gasteiger partial charge in [-0.15, -0.1) is 0 Å². The fraction of sp³-hybridized carbons (Fsp3) is 0.273. The van der Waals surface area contributed by atoms with Gasteiger partial charge in [-0.3, -0.25) is 5.32 Å². The number of para-hydroxylation sites is 2. The van der Waals surface area contributed by atoms with Gasteiger partial charge < -0.3 is 15.1 Å². The molecule has 1 saturated carbocycles. The standard InChI is InChI=1S/C22H22FN3O3/c23-16-11-5-6-12-17(16)25-22(28)26-20-19(24-14-8-2-1-3-9-14)15-10-4-7-13-18(15)29-21(20)27/h4-7,10-14,24H,1-3,8-9H2,(H2,25,26,28). The fourth-order valence-electron chi connectivity index (χ4n) is 3.69. The number of urea groups is 1. The van der Waals surface area contributed by atoms with Crippen LogP contribution in [-0.2, 0) is 0 Å². The zero-order valence-electron chi connectivity index (χ0n) is 15.8. The maximum atomic E-state index is 13.8. The third kappa shape index (κ3) is 4.23. The summed E-state index contributed by atoms with van der Waals surface area (Å²) in [6.07, 6.45) is 5.43. The Hall–Kier alpha value is -3.35. The zero-order valence-corrected chi connectivity index (χ0v) is 15.8. The Morgan fingerprint density at radius 3 is 2.45 bits per heavy atom. The van der Waals surface area contributed by atoms with Crippen molar-refractivity contribution < 1.29 is 13.6 Å². The minimum Gasteiger partial charge on any atom is -0.421 e. The summed E-state index contributed by atoms with van der Waals surface area (Å²) >= 11 is 0. The van der Waals surface area contributed by atoms with Crippen LogP contribution < -0.4 is 21.6 Å². The molecule has 0 radical (unpaired) electrons. The maximum absolute atomic E-state index is 13.8. The molecule has 1 fully saturated rings. The van der Waals surface area contributed by atoms with Gasteiger partial charge in [0.05, 0.1) is 11.4 Å². The number of carbonyl (C=O) groups is 1. The van der Waals surface area contributed by atoms with Gasteiger partial charge in [0.2, 0.25) is 0 Å². The van der Waals surface area contributed by atoms with Crippen molar-refractivity contribution in [2.75, 3.05) is 16.0 Å². The molecule has 0 atom stereocenters. The molecule has 150 valence electrons. The highest BCUT2D eigenvalue weighted by Gasteiger charge is 2.21. The summed E-state index contributed by atoms with van der Waals surface area (Å²) in [5.41, 5.74) is 0.356. The van der Waals surface area contributed by atoms with Crippen LogP contribution in [0.2, 0.25) is 0 Å². The highest BCUT2D eigenvalue weighted by Crippen LogP contribution is 2.32. The average molecular weight is 395 g/mol. The minimum absolute atomic E-state index is 0.0168. The van der Waals surface area contributed by atoms with E-state index in [0.29, 0.717) is 16.7 Å². The first-order valence-electron chi connectivity index (χ1n) is 9.77. The number of carbonyl (C=O) groups excluding carboxylic acids is 1. The maximum Gasteiger partial charge on any atom is 0.362 e. The van der Waals surface area contributed by atoms with Gasteiger partial charge in [-0.1, -0.05) is 43.5 Å². The Morgan fingerprint density at radius 2 is 1.66 bits per heavy atom. The molecular weight excluding hydrogens is 373 g/mol. The first kappa shape index (κ1) is 19.0. The van der Waals surface area contributed by atoms with Crippen LogP contribution in [0.15, 0.2) is 57.7 Å². The highest BCUT2D eigenvalue weighted by atomic mass is 19.1. The van der Waals surface area contributed by atoms with Crippen molar-refractivity contribution in [3.8, 4) is 0 Å². The monoisotopic (exact) mass is 395 g/mol. The van der Waals surface area contributed by atoms with Crippen molar-refractivity contribution in [3.63, 3.8) is 0 Å². The lowest BCUT2D eigenvalue weighted by atomic mass is 9.95. The number of nitrogens with one attached hydrogen (secondary N) is 3. The molecule has 1 heterocycles. The molecule has 1 aliphatic carbocycles. The second-order valence-corrected chi connectivity index (χ2v) is 7.17. The molecule has 2 amide bonds. The van der Waals surface area contributed by atoms with Gasteiger partial charge in [-0.2, -0.15) is 0 Å². The van der Waals surface area contributed by atoms with E-state index in [-0.39, 0.29) is 17.4 Å². The van der Waals surface area contributed by atoms with Gasteiger partial charge in [0.15, 0.2) is 5.69 Å². The first-order chi connectivity index (χ1) is 14.1. The lowest BCUT2D eigenvalue weighted by Crippen LogP contribution is -2.28. The molecule has 7 heteroatoms. The lowest BCUT2D eigenvalue weighted by Gasteiger charge is -2.25. The van der Waals surface area contributed by atoms with E-state index in [9.17, 15) is 14.0 Å². The van der Waals surface area contributed by atoms with E-state index < -0.39 is 17.5 Å². The summed E-state index contributed by atoms with van der Waals surface area (Å²) in [7, 11) is 0. The van der Waals surface area contributed by atoms with Crippen molar-refractivity contribution in [1.29, 1.82) is 0 Å². The first-order valence-corrected chi connectivity index (χ1v) is 9.77. The molecule has 0 aliphatic heterocycles. The Labute approximate surface area is 167 Å². The van der Waals surface area contributed by atoms with Crippen molar-refractivity contribution in [3.05, 3.63) is 64.8 Å². The summed E-state index contributed by atoms with van der Waals surface area (Å²) in [4.78, 5) is 25.1. The highest BCUT2D eigenvalue weighted by molar-refractivity contribution is 6.05. The summed E-state index contributed by atoms with van der Waals surface area (Å²) in [5.74, 6) is -0.561. The number of hydrogen-bond donors (Lipinski definition) is 3. The molecule has 6 nitrogen and oxygen atoms in total. The number of rotatable bonds is 4. The molecule has 0 unspecified atom stereocenters. The molecule has 4 rings (SSSR count). The number of anilines is 3. The molecule has 2 aromatic carbocycles. The molecule has 1 aliphatic rings. The van der Waals surface area contributed by atoms with E-state index in [4.69, 9.17) is 4.42 Å². The number of benzene rings is 2. The molecule has 0 bridgehead atoms. The topological polar surface area (TPSA) is 83.4 Å². The molecule has 29 heavy (non-hydrogen) atoms. The largest absolute Gasteiger partial charge is 0.421 e. The third-order valence-electron chi connectivity index (χ3n) is 5.13. The summed E-state index contributed by atoms with van der Waals surface area (Å²) in [5, 5.41) is 9.13. The van der Waals surface area contributed by atoms with E-state index in [1.807, 2.05) is 12.1 Å². The van der Waals surface area contributed by atoms with Gasteiger partial charge >= 0.3 is 11.7 Å².